The average Bonchev–Trinajstić information content (AvgIpc) is 2.68. The molecule has 20 heavy (non-hydrogen) atoms. The number of rotatable bonds is 1. The van der Waals surface area contributed by atoms with E-state index in [-0.39, 0.29) is 5.41 Å². The van der Waals surface area contributed by atoms with Gasteiger partial charge in [-0.05, 0) is 36.0 Å². The summed E-state index contributed by atoms with van der Waals surface area (Å²) in [6.45, 7) is 9.10. The van der Waals surface area contributed by atoms with E-state index in [1.54, 1.807) is 0 Å². The second-order valence-electron chi connectivity index (χ2n) is 7.12. The average molecular weight is 291 g/mol. The van der Waals surface area contributed by atoms with E-state index >= 15 is 0 Å². The van der Waals surface area contributed by atoms with Crippen molar-refractivity contribution >= 4 is 17.4 Å². The van der Waals surface area contributed by atoms with Crippen molar-refractivity contribution in [2.75, 3.05) is 10.8 Å². The van der Waals surface area contributed by atoms with Crippen molar-refractivity contribution in [2.24, 2.45) is 0 Å². The van der Waals surface area contributed by atoms with Crippen LogP contribution in [-0.2, 0) is 10.3 Å². The molecule has 3 atom stereocenters. The summed E-state index contributed by atoms with van der Waals surface area (Å²) in [6, 6.07) is 9.47. The first-order valence-electron chi connectivity index (χ1n) is 7.61. The van der Waals surface area contributed by atoms with Gasteiger partial charge in [0, 0.05) is 11.0 Å². The van der Waals surface area contributed by atoms with Crippen LogP contribution in [0.1, 0.15) is 46.1 Å². The zero-order valence-corrected chi connectivity index (χ0v) is 13.7. The number of fused-ring (bicyclic) bond motifs is 2. The van der Waals surface area contributed by atoms with E-state index in [0.29, 0.717) is 12.1 Å². The first-order valence-corrected chi connectivity index (χ1v) is 8.66. The normalized spacial score (nSPS) is 30.4. The van der Waals surface area contributed by atoms with Crippen molar-refractivity contribution in [3.8, 4) is 0 Å². The van der Waals surface area contributed by atoms with Crippen LogP contribution >= 0.6 is 11.8 Å². The van der Waals surface area contributed by atoms with Gasteiger partial charge in [-0.2, -0.15) is 11.8 Å². The van der Waals surface area contributed by atoms with E-state index in [1.165, 1.54) is 24.1 Å². The molecule has 2 aliphatic rings. The van der Waals surface area contributed by atoms with Gasteiger partial charge in [-0.1, -0.05) is 39.8 Å². The highest BCUT2D eigenvalue weighted by Gasteiger charge is 2.37. The molecule has 2 saturated heterocycles. The molecule has 3 heteroatoms. The van der Waals surface area contributed by atoms with Gasteiger partial charge < -0.3 is 0 Å². The lowest BCUT2D eigenvalue weighted by atomic mass is 9.87. The van der Waals surface area contributed by atoms with Crippen LogP contribution in [0.5, 0.6) is 0 Å². The standard InChI is InChI=1S/C17H25NOS/c1-12-9-15-10-16(11-20-12)19-18(15)14-7-5-13(6-8-14)17(2,3)4/h5-8,12,15-16H,9-11H2,1-4H3/t12-,15+,16+/m0/s1. The third-order valence-corrected chi connectivity index (χ3v) is 5.61. The minimum absolute atomic E-state index is 0.211. The van der Waals surface area contributed by atoms with Crippen molar-refractivity contribution < 1.29 is 4.84 Å². The van der Waals surface area contributed by atoms with E-state index in [2.05, 4.69) is 68.8 Å². The second-order valence-corrected chi connectivity index (χ2v) is 8.59. The van der Waals surface area contributed by atoms with E-state index in [4.69, 9.17) is 4.84 Å². The molecule has 0 amide bonds. The minimum atomic E-state index is 0.211. The van der Waals surface area contributed by atoms with Crippen LogP contribution in [-0.4, -0.2) is 23.1 Å². The fourth-order valence-corrected chi connectivity index (χ4v) is 4.18. The van der Waals surface area contributed by atoms with Gasteiger partial charge in [0.15, 0.2) is 0 Å². The number of benzene rings is 1. The Balaban J connectivity index is 1.79. The minimum Gasteiger partial charge on any atom is -0.269 e. The molecule has 0 unspecified atom stereocenters. The molecular weight excluding hydrogens is 266 g/mol. The fraction of sp³-hybridized carbons (Fsp3) is 0.647. The maximum Gasteiger partial charge on any atom is 0.0967 e. The van der Waals surface area contributed by atoms with Crippen molar-refractivity contribution in [2.45, 2.75) is 63.3 Å². The van der Waals surface area contributed by atoms with E-state index < -0.39 is 0 Å². The van der Waals surface area contributed by atoms with Gasteiger partial charge in [-0.25, -0.2) is 0 Å². The smallest absolute Gasteiger partial charge is 0.0967 e. The molecule has 2 heterocycles. The Labute approximate surface area is 126 Å². The first-order chi connectivity index (χ1) is 9.43. The Morgan fingerprint density at radius 2 is 1.85 bits per heavy atom. The summed E-state index contributed by atoms with van der Waals surface area (Å²) >= 11 is 2.05. The van der Waals surface area contributed by atoms with Gasteiger partial charge in [-0.3, -0.25) is 9.90 Å². The molecule has 0 N–H and O–H groups in total. The van der Waals surface area contributed by atoms with Crippen LogP contribution in [0.15, 0.2) is 24.3 Å². The molecule has 1 aromatic carbocycles. The molecule has 2 nitrogen and oxygen atoms in total. The lowest BCUT2D eigenvalue weighted by Gasteiger charge is -2.29. The van der Waals surface area contributed by atoms with Gasteiger partial charge in [0.25, 0.3) is 0 Å². The molecule has 0 aromatic heterocycles. The van der Waals surface area contributed by atoms with Crippen LogP contribution in [0.3, 0.4) is 0 Å². The summed E-state index contributed by atoms with van der Waals surface area (Å²) in [4.78, 5) is 6.14. The van der Waals surface area contributed by atoms with Gasteiger partial charge >= 0.3 is 0 Å². The zero-order chi connectivity index (χ0) is 14.3. The summed E-state index contributed by atoms with van der Waals surface area (Å²) in [7, 11) is 0. The fourth-order valence-electron chi connectivity index (χ4n) is 3.08. The molecular formula is C17H25NOS. The zero-order valence-electron chi connectivity index (χ0n) is 12.9. The van der Waals surface area contributed by atoms with Crippen LogP contribution in [0.25, 0.3) is 0 Å². The maximum absolute atomic E-state index is 6.14. The molecule has 2 bridgehead atoms. The Morgan fingerprint density at radius 1 is 1.15 bits per heavy atom. The van der Waals surface area contributed by atoms with Crippen molar-refractivity contribution in [1.82, 2.24) is 0 Å². The summed E-state index contributed by atoms with van der Waals surface area (Å²) in [5.41, 5.74) is 2.80. The molecule has 0 radical (unpaired) electrons. The number of hydrogen-bond acceptors (Lipinski definition) is 3. The highest BCUT2D eigenvalue weighted by Crippen LogP contribution is 2.38. The molecule has 3 rings (SSSR count). The number of anilines is 1. The molecule has 1 aromatic rings. The van der Waals surface area contributed by atoms with Crippen LogP contribution in [0.2, 0.25) is 0 Å². The maximum atomic E-state index is 6.14. The van der Waals surface area contributed by atoms with E-state index in [9.17, 15) is 0 Å². The third kappa shape index (κ3) is 2.84. The highest BCUT2D eigenvalue weighted by atomic mass is 32.2. The Bertz CT molecular complexity index is 465. The van der Waals surface area contributed by atoms with Gasteiger partial charge in [-0.15, -0.1) is 0 Å². The Morgan fingerprint density at radius 3 is 2.50 bits per heavy atom. The summed E-state index contributed by atoms with van der Waals surface area (Å²) in [6.07, 6.45) is 2.80. The largest absolute Gasteiger partial charge is 0.269 e. The lowest BCUT2D eigenvalue weighted by molar-refractivity contribution is 0.0970. The van der Waals surface area contributed by atoms with Gasteiger partial charge in [0.05, 0.1) is 17.8 Å². The molecule has 0 saturated carbocycles. The van der Waals surface area contributed by atoms with E-state index in [0.717, 1.165) is 11.0 Å². The Kier molecular flexibility index (Phi) is 3.76. The predicted octanol–water partition coefficient (Wildman–Crippen LogP) is 4.39. The second kappa shape index (κ2) is 5.27. The SMILES string of the molecule is C[C@H]1C[C@@H]2C[C@H](CS1)ON2c1ccc(C(C)(C)C)cc1. The van der Waals surface area contributed by atoms with Crippen molar-refractivity contribution in [1.29, 1.82) is 0 Å². The quantitative estimate of drug-likeness (QED) is 0.761. The molecule has 2 fully saturated rings. The van der Waals surface area contributed by atoms with E-state index in [1.807, 2.05) is 0 Å². The Hall–Kier alpha value is -0.670. The van der Waals surface area contributed by atoms with Crippen LogP contribution in [0.4, 0.5) is 5.69 Å². The highest BCUT2D eigenvalue weighted by molar-refractivity contribution is 7.99. The molecule has 0 spiro atoms. The summed E-state index contributed by atoms with van der Waals surface area (Å²) in [5, 5.41) is 2.91. The van der Waals surface area contributed by atoms with Crippen LogP contribution in [0, 0.1) is 0 Å². The molecule has 110 valence electrons. The molecule has 0 aliphatic carbocycles. The number of hydrogen-bond donors (Lipinski definition) is 0. The lowest BCUT2D eigenvalue weighted by Crippen LogP contribution is -2.31. The van der Waals surface area contributed by atoms with Gasteiger partial charge in [0.2, 0.25) is 0 Å². The molecule has 2 aliphatic heterocycles. The van der Waals surface area contributed by atoms with Crippen molar-refractivity contribution in [3.63, 3.8) is 0 Å². The monoisotopic (exact) mass is 291 g/mol. The number of hydroxylamine groups is 1. The topological polar surface area (TPSA) is 12.5 Å². The van der Waals surface area contributed by atoms with Crippen molar-refractivity contribution in [3.05, 3.63) is 29.8 Å². The predicted molar refractivity (Wildman–Crippen MR) is 87.4 cm³/mol. The number of nitrogens with zero attached hydrogens (tertiary/aromatic N) is 1. The first kappa shape index (κ1) is 14.3. The van der Waals surface area contributed by atoms with Gasteiger partial charge in [0.1, 0.15) is 0 Å². The van der Waals surface area contributed by atoms with Crippen LogP contribution < -0.4 is 5.06 Å². The third-order valence-electron chi connectivity index (χ3n) is 4.29. The summed E-state index contributed by atoms with van der Waals surface area (Å²) < 4.78 is 0. The number of thioether (sulfide) groups is 1. The summed E-state index contributed by atoms with van der Waals surface area (Å²) in [5.74, 6) is 1.13.